The van der Waals surface area contributed by atoms with Crippen molar-refractivity contribution in [1.29, 1.82) is 0 Å². The van der Waals surface area contributed by atoms with Gasteiger partial charge in [-0.25, -0.2) is 8.78 Å². The quantitative estimate of drug-likeness (QED) is 0.681. The second-order valence-corrected chi connectivity index (χ2v) is 6.70. The van der Waals surface area contributed by atoms with Crippen molar-refractivity contribution in [2.45, 2.75) is 45.1 Å². The Hall–Kier alpha value is -1.65. The lowest BCUT2D eigenvalue weighted by Gasteiger charge is -2.33. The standard InChI is InChI=1S/C18H25F2N3/c1-3-21-18(23-9-7-12(2)8-10-23)22-16-11-13(16)17-14(19)5-4-6-15(17)20/h4-6,12-13,16H,3,7-11H2,1-2H3,(H,21,22). The SMILES string of the molecule is CCN=C(NC1CC1c1c(F)cccc1F)N1CCC(C)CC1. The number of aliphatic imine (C=N–C) groups is 1. The van der Waals surface area contributed by atoms with E-state index in [1.807, 2.05) is 6.92 Å². The van der Waals surface area contributed by atoms with Gasteiger partial charge >= 0.3 is 0 Å². The number of hydrogen-bond donors (Lipinski definition) is 1. The largest absolute Gasteiger partial charge is 0.353 e. The van der Waals surface area contributed by atoms with Crippen LogP contribution in [0.3, 0.4) is 0 Å². The number of hydrogen-bond acceptors (Lipinski definition) is 1. The van der Waals surface area contributed by atoms with E-state index >= 15 is 0 Å². The molecule has 0 bridgehead atoms. The van der Waals surface area contributed by atoms with Crippen LogP contribution in [0.25, 0.3) is 0 Å². The average Bonchev–Trinajstić information content (AvgIpc) is 3.26. The molecule has 1 aromatic rings. The summed E-state index contributed by atoms with van der Waals surface area (Å²) in [5.74, 6) is 0.668. The first kappa shape index (κ1) is 16.2. The molecule has 2 fully saturated rings. The van der Waals surface area contributed by atoms with E-state index in [1.165, 1.54) is 31.0 Å². The summed E-state index contributed by atoms with van der Waals surface area (Å²) in [4.78, 5) is 6.84. The molecule has 2 aliphatic rings. The van der Waals surface area contributed by atoms with E-state index in [9.17, 15) is 8.78 Å². The van der Waals surface area contributed by atoms with Gasteiger partial charge in [-0.05, 0) is 44.2 Å². The van der Waals surface area contributed by atoms with Crippen molar-refractivity contribution < 1.29 is 8.78 Å². The van der Waals surface area contributed by atoms with Gasteiger partial charge in [0.15, 0.2) is 5.96 Å². The van der Waals surface area contributed by atoms with Gasteiger partial charge < -0.3 is 10.2 Å². The van der Waals surface area contributed by atoms with Gasteiger partial charge in [0.05, 0.1) is 0 Å². The van der Waals surface area contributed by atoms with Crippen molar-refractivity contribution in [1.82, 2.24) is 10.2 Å². The Bertz CT molecular complexity index is 559. The minimum atomic E-state index is -0.444. The summed E-state index contributed by atoms with van der Waals surface area (Å²) in [5.41, 5.74) is 0.216. The molecule has 5 heteroatoms. The fourth-order valence-corrected chi connectivity index (χ4v) is 3.31. The molecule has 3 nitrogen and oxygen atoms in total. The number of piperidine rings is 1. The summed E-state index contributed by atoms with van der Waals surface area (Å²) in [6.07, 6.45) is 3.09. The molecule has 0 radical (unpaired) electrons. The van der Waals surface area contributed by atoms with Gasteiger partial charge in [-0.1, -0.05) is 13.0 Å². The molecule has 0 aromatic heterocycles. The highest BCUT2D eigenvalue weighted by atomic mass is 19.1. The minimum absolute atomic E-state index is 0.0750. The first-order valence-corrected chi connectivity index (χ1v) is 8.60. The summed E-state index contributed by atoms with van der Waals surface area (Å²) in [7, 11) is 0. The van der Waals surface area contributed by atoms with Crippen LogP contribution >= 0.6 is 0 Å². The Morgan fingerprint density at radius 3 is 2.52 bits per heavy atom. The molecular formula is C18H25F2N3. The smallest absolute Gasteiger partial charge is 0.194 e. The van der Waals surface area contributed by atoms with Crippen LogP contribution in [-0.4, -0.2) is 36.5 Å². The van der Waals surface area contributed by atoms with E-state index in [0.29, 0.717) is 6.54 Å². The lowest BCUT2D eigenvalue weighted by Crippen LogP contribution is -2.46. The van der Waals surface area contributed by atoms with Crippen molar-refractivity contribution >= 4 is 5.96 Å². The normalized spacial score (nSPS) is 25.6. The molecule has 1 N–H and O–H groups in total. The third-order valence-electron chi connectivity index (χ3n) is 4.87. The van der Waals surface area contributed by atoms with Gasteiger partial charge in [-0.2, -0.15) is 0 Å². The maximum Gasteiger partial charge on any atom is 0.194 e. The number of benzene rings is 1. The predicted molar refractivity (Wildman–Crippen MR) is 88.6 cm³/mol. The zero-order chi connectivity index (χ0) is 16.4. The van der Waals surface area contributed by atoms with Crippen molar-refractivity contribution in [2.75, 3.05) is 19.6 Å². The van der Waals surface area contributed by atoms with Crippen LogP contribution in [0.5, 0.6) is 0 Å². The topological polar surface area (TPSA) is 27.6 Å². The minimum Gasteiger partial charge on any atom is -0.353 e. The molecule has 1 saturated carbocycles. The van der Waals surface area contributed by atoms with Crippen LogP contribution in [0, 0.1) is 17.6 Å². The predicted octanol–water partition coefficient (Wildman–Crippen LogP) is 3.52. The van der Waals surface area contributed by atoms with Gasteiger partial charge in [-0.3, -0.25) is 4.99 Å². The van der Waals surface area contributed by atoms with Crippen molar-refractivity contribution in [3.05, 3.63) is 35.4 Å². The molecule has 0 amide bonds. The molecule has 2 atom stereocenters. The van der Waals surface area contributed by atoms with Gasteiger partial charge in [0.25, 0.3) is 0 Å². The van der Waals surface area contributed by atoms with E-state index in [4.69, 9.17) is 0 Å². The maximum absolute atomic E-state index is 13.9. The summed E-state index contributed by atoms with van der Waals surface area (Å²) in [6, 6.07) is 4.16. The van der Waals surface area contributed by atoms with Crippen LogP contribution in [0.4, 0.5) is 8.78 Å². The van der Waals surface area contributed by atoms with Crippen LogP contribution in [-0.2, 0) is 0 Å². The molecule has 126 valence electrons. The molecule has 1 aliphatic carbocycles. The van der Waals surface area contributed by atoms with Crippen LogP contribution in [0.2, 0.25) is 0 Å². The molecule has 1 aliphatic heterocycles. The zero-order valence-corrected chi connectivity index (χ0v) is 13.9. The van der Waals surface area contributed by atoms with E-state index in [-0.39, 0.29) is 17.5 Å². The van der Waals surface area contributed by atoms with Gasteiger partial charge in [0, 0.05) is 37.2 Å². The Balaban J connectivity index is 1.65. The highest BCUT2D eigenvalue weighted by Crippen LogP contribution is 2.43. The monoisotopic (exact) mass is 321 g/mol. The number of rotatable bonds is 3. The zero-order valence-electron chi connectivity index (χ0n) is 13.9. The highest BCUT2D eigenvalue weighted by molar-refractivity contribution is 5.81. The number of nitrogens with zero attached hydrogens (tertiary/aromatic N) is 2. The average molecular weight is 321 g/mol. The summed E-state index contributed by atoms with van der Waals surface area (Å²) >= 11 is 0. The fraction of sp³-hybridized carbons (Fsp3) is 0.611. The highest BCUT2D eigenvalue weighted by Gasteiger charge is 2.43. The molecule has 3 rings (SSSR count). The van der Waals surface area contributed by atoms with Gasteiger partial charge in [0.1, 0.15) is 11.6 Å². The van der Waals surface area contributed by atoms with E-state index < -0.39 is 11.6 Å². The summed E-state index contributed by atoms with van der Waals surface area (Å²) in [6.45, 7) is 6.99. The Morgan fingerprint density at radius 1 is 1.26 bits per heavy atom. The number of halogens is 2. The Morgan fingerprint density at radius 2 is 1.91 bits per heavy atom. The van der Waals surface area contributed by atoms with Gasteiger partial charge in [-0.15, -0.1) is 0 Å². The lowest BCUT2D eigenvalue weighted by atomic mass is 9.99. The third-order valence-corrected chi connectivity index (χ3v) is 4.87. The molecule has 1 heterocycles. The Kier molecular flexibility index (Phi) is 4.83. The van der Waals surface area contributed by atoms with Gasteiger partial charge in [0.2, 0.25) is 0 Å². The molecule has 23 heavy (non-hydrogen) atoms. The van der Waals surface area contributed by atoms with E-state index in [0.717, 1.165) is 31.4 Å². The van der Waals surface area contributed by atoms with E-state index in [2.05, 4.69) is 22.1 Å². The van der Waals surface area contributed by atoms with Crippen LogP contribution < -0.4 is 5.32 Å². The number of guanidine groups is 1. The molecular weight excluding hydrogens is 296 g/mol. The van der Waals surface area contributed by atoms with Crippen molar-refractivity contribution in [3.8, 4) is 0 Å². The number of likely N-dealkylation sites (tertiary alicyclic amines) is 1. The maximum atomic E-state index is 13.9. The number of nitrogens with one attached hydrogen (secondary N) is 1. The molecule has 0 spiro atoms. The van der Waals surface area contributed by atoms with Crippen molar-refractivity contribution in [3.63, 3.8) is 0 Å². The summed E-state index contributed by atoms with van der Waals surface area (Å²) in [5, 5.41) is 3.42. The molecule has 1 aromatic carbocycles. The molecule has 1 saturated heterocycles. The first-order valence-electron chi connectivity index (χ1n) is 8.60. The summed E-state index contributed by atoms with van der Waals surface area (Å²) < 4.78 is 27.8. The first-order chi connectivity index (χ1) is 11.1. The van der Waals surface area contributed by atoms with Crippen LogP contribution in [0.15, 0.2) is 23.2 Å². The second kappa shape index (κ2) is 6.85. The van der Waals surface area contributed by atoms with Crippen LogP contribution in [0.1, 0.15) is 44.6 Å². The Labute approximate surface area is 136 Å². The third kappa shape index (κ3) is 3.65. The second-order valence-electron chi connectivity index (χ2n) is 6.70. The fourth-order valence-electron chi connectivity index (χ4n) is 3.31. The lowest BCUT2D eigenvalue weighted by molar-refractivity contribution is 0.273. The molecule has 2 unspecified atom stereocenters. The van der Waals surface area contributed by atoms with Crippen molar-refractivity contribution in [2.24, 2.45) is 10.9 Å². The van der Waals surface area contributed by atoms with E-state index in [1.54, 1.807) is 0 Å².